The molecule has 4 rings (SSSR count). The summed E-state index contributed by atoms with van der Waals surface area (Å²) in [5.41, 5.74) is 7.48. The van der Waals surface area contributed by atoms with Gasteiger partial charge in [-0.25, -0.2) is 9.37 Å². The van der Waals surface area contributed by atoms with E-state index < -0.39 is 0 Å². The van der Waals surface area contributed by atoms with E-state index in [4.69, 9.17) is 5.73 Å². The Morgan fingerprint density at radius 3 is 2.75 bits per heavy atom. The van der Waals surface area contributed by atoms with Gasteiger partial charge in [-0.05, 0) is 41.8 Å². The molecule has 5 heteroatoms. The van der Waals surface area contributed by atoms with Crippen LogP contribution in [0.1, 0.15) is 0 Å². The Balaban J connectivity index is 1.91. The molecule has 2 aromatic heterocycles. The van der Waals surface area contributed by atoms with Crippen LogP contribution in [-0.4, -0.2) is 4.98 Å². The van der Waals surface area contributed by atoms with Crippen molar-refractivity contribution in [3.8, 4) is 9.88 Å². The molecule has 0 bridgehead atoms. The second kappa shape index (κ2) is 4.26. The number of halogens is 1. The lowest BCUT2D eigenvalue weighted by Crippen LogP contribution is -1.81. The van der Waals surface area contributed by atoms with Crippen LogP contribution in [0.25, 0.3) is 30.2 Å². The number of hydrogen-bond donors (Lipinski definition) is 1. The van der Waals surface area contributed by atoms with Crippen LogP contribution in [0.15, 0.2) is 42.5 Å². The highest BCUT2D eigenvalue weighted by atomic mass is 32.1. The molecule has 0 fully saturated rings. The van der Waals surface area contributed by atoms with E-state index in [1.165, 1.54) is 6.07 Å². The van der Waals surface area contributed by atoms with Crippen LogP contribution in [0.3, 0.4) is 0 Å². The van der Waals surface area contributed by atoms with Gasteiger partial charge in [0, 0.05) is 10.4 Å². The van der Waals surface area contributed by atoms with Crippen LogP contribution >= 0.6 is 22.7 Å². The van der Waals surface area contributed by atoms with E-state index in [0.717, 1.165) is 35.9 Å². The third-order valence-corrected chi connectivity index (χ3v) is 5.39. The first-order valence-corrected chi connectivity index (χ1v) is 7.68. The zero-order valence-corrected chi connectivity index (χ0v) is 11.9. The van der Waals surface area contributed by atoms with E-state index in [2.05, 4.69) is 11.1 Å². The highest BCUT2D eigenvalue weighted by molar-refractivity contribution is 7.28. The number of rotatable bonds is 1. The van der Waals surface area contributed by atoms with Crippen molar-refractivity contribution in [2.45, 2.75) is 0 Å². The molecule has 98 valence electrons. The molecule has 0 atom stereocenters. The minimum atomic E-state index is -0.206. The van der Waals surface area contributed by atoms with Gasteiger partial charge in [0.2, 0.25) is 0 Å². The average Bonchev–Trinajstić information content (AvgIpc) is 3.00. The molecule has 0 radical (unpaired) electrons. The minimum Gasteiger partial charge on any atom is -0.399 e. The van der Waals surface area contributed by atoms with Gasteiger partial charge in [-0.15, -0.1) is 22.7 Å². The van der Waals surface area contributed by atoms with Crippen LogP contribution in [0.2, 0.25) is 0 Å². The van der Waals surface area contributed by atoms with Crippen LogP contribution in [0.4, 0.5) is 10.1 Å². The van der Waals surface area contributed by atoms with Crippen molar-refractivity contribution in [1.82, 2.24) is 4.98 Å². The monoisotopic (exact) mass is 300 g/mol. The fourth-order valence-corrected chi connectivity index (χ4v) is 4.30. The molecular weight excluding hydrogens is 291 g/mol. The third-order valence-electron chi connectivity index (χ3n) is 3.11. The Bertz CT molecular complexity index is 862. The van der Waals surface area contributed by atoms with Gasteiger partial charge in [-0.2, -0.15) is 0 Å². The topological polar surface area (TPSA) is 38.9 Å². The molecule has 0 aliphatic carbocycles. The van der Waals surface area contributed by atoms with Gasteiger partial charge in [-0.1, -0.05) is 6.07 Å². The maximum Gasteiger partial charge on any atom is 0.134 e. The summed E-state index contributed by atoms with van der Waals surface area (Å²) in [6.07, 6.45) is 0. The standard InChI is InChI=1S/C15H9FN2S2/c16-9-2-1-8-5-14(19-12(8)6-9)15-18-11-4-3-10(17)7-13(11)20-15/h1-7H,17H2. The maximum absolute atomic E-state index is 13.2. The van der Waals surface area contributed by atoms with Gasteiger partial charge in [0.25, 0.3) is 0 Å². The largest absolute Gasteiger partial charge is 0.399 e. The number of nitrogens with zero attached hydrogens (tertiary/aromatic N) is 1. The van der Waals surface area contributed by atoms with Gasteiger partial charge in [0.1, 0.15) is 10.8 Å². The van der Waals surface area contributed by atoms with Gasteiger partial charge in [-0.3, -0.25) is 0 Å². The highest BCUT2D eigenvalue weighted by Gasteiger charge is 2.10. The molecule has 2 nitrogen and oxygen atoms in total. The van der Waals surface area contributed by atoms with Crippen LogP contribution in [0.5, 0.6) is 0 Å². The quantitative estimate of drug-likeness (QED) is 0.508. The number of benzene rings is 2. The first-order valence-electron chi connectivity index (χ1n) is 6.04. The number of anilines is 1. The van der Waals surface area contributed by atoms with E-state index in [1.807, 2.05) is 18.2 Å². The molecule has 0 amide bonds. The molecule has 0 saturated carbocycles. The lowest BCUT2D eigenvalue weighted by atomic mass is 10.2. The molecule has 20 heavy (non-hydrogen) atoms. The van der Waals surface area contributed by atoms with E-state index >= 15 is 0 Å². The predicted molar refractivity (Wildman–Crippen MR) is 84.8 cm³/mol. The van der Waals surface area contributed by atoms with Crippen molar-refractivity contribution in [2.24, 2.45) is 0 Å². The Morgan fingerprint density at radius 2 is 1.85 bits per heavy atom. The molecule has 0 spiro atoms. The van der Waals surface area contributed by atoms with E-state index in [1.54, 1.807) is 34.8 Å². The Kier molecular flexibility index (Phi) is 2.52. The van der Waals surface area contributed by atoms with E-state index in [-0.39, 0.29) is 5.82 Å². The number of aromatic nitrogens is 1. The van der Waals surface area contributed by atoms with Crippen LogP contribution in [-0.2, 0) is 0 Å². The van der Waals surface area contributed by atoms with Crippen molar-refractivity contribution in [3.63, 3.8) is 0 Å². The zero-order valence-electron chi connectivity index (χ0n) is 10.3. The number of thiazole rings is 1. The number of nitrogens with two attached hydrogens (primary N) is 1. The summed E-state index contributed by atoms with van der Waals surface area (Å²) in [6, 6.07) is 12.6. The molecule has 0 aliphatic heterocycles. The van der Waals surface area contributed by atoms with Crippen molar-refractivity contribution < 1.29 is 4.39 Å². The predicted octanol–water partition coefficient (Wildman–Crippen LogP) is 4.90. The van der Waals surface area contributed by atoms with Gasteiger partial charge in [0.15, 0.2) is 0 Å². The van der Waals surface area contributed by atoms with Gasteiger partial charge in [0.05, 0.1) is 15.1 Å². The molecule has 0 aliphatic rings. The Morgan fingerprint density at radius 1 is 0.950 bits per heavy atom. The van der Waals surface area contributed by atoms with Gasteiger partial charge >= 0.3 is 0 Å². The second-order valence-corrected chi connectivity index (χ2v) is 6.65. The summed E-state index contributed by atoms with van der Waals surface area (Å²) in [5, 5.41) is 2.00. The van der Waals surface area contributed by atoms with Crippen molar-refractivity contribution in [3.05, 3.63) is 48.3 Å². The molecular formula is C15H9FN2S2. The second-order valence-electron chi connectivity index (χ2n) is 4.54. The highest BCUT2D eigenvalue weighted by Crippen LogP contribution is 2.38. The molecule has 2 aromatic carbocycles. The van der Waals surface area contributed by atoms with E-state index in [0.29, 0.717) is 0 Å². The smallest absolute Gasteiger partial charge is 0.134 e. The SMILES string of the molecule is Nc1ccc2nc(-c3cc4ccc(F)cc4s3)sc2c1. The summed E-state index contributed by atoms with van der Waals surface area (Å²) in [5.74, 6) is -0.206. The maximum atomic E-state index is 13.2. The summed E-state index contributed by atoms with van der Waals surface area (Å²) in [7, 11) is 0. The first kappa shape index (κ1) is 11.8. The fourth-order valence-electron chi connectivity index (χ4n) is 2.16. The number of thiophene rings is 1. The molecule has 4 aromatic rings. The number of fused-ring (bicyclic) bond motifs is 2. The lowest BCUT2D eigenvalue weighted by molar-refractivity contribution is 0.630. The summed E-state index contributed by atoms with van der Waals surface area (Å²) >= 11 is 3.17. The molecule has 0 unspecified atom stereocenters. The molecule has 2 heterocycles. The van der Waals surface area contributed by atoms with Crippen LogP contribution < -0.4 is 5.73 Å². The summed E-state index contributed by atoms with van der Waals surface area (Å²) in [4.78, 5) is 5.68. The zero-order chi connectivity index (χ0) is 13.7. The number of hydrogen-bond acceptors (Lipinski definition) is 4. The van der Waals surface area contributed by atoms with Crippen molar-refractivity contribution in [1.29, 1.82) is 0 Å². The lowest BCUT2D eigenvalue weighted by Gasteiger charge is -1.89. The van der Waals surface area contributed by atoms with Gasteiger partial charge < -0.3 is 5.73 Å². The van der Waals surface area contributed by atoms with Crippen molar-refractivity contribution in [2.75, 3.05) is 5.73 Å². The van der Waals surface area contributed by atoms with Crippen LogP contribution in [0, 0.1) is 5.82 Å². The minimum absolute atomic E-state index is 0.206. The average molecular weight is 300 g/mol. The fraction of sp³-hybridized carbons (Fsp3) is 0. The van der Waals surface area contributed by atoms with E-state index in [9.17, 15) is 4.39 Å². The molecule has 0 saturated heterocycles. The van der Waals surface area contributed by atoms with Crippen molar-refractivity contribution >= 4 is 48.7 Å². The molecule has 2 N–H and O–H groups in total. The number of nitrogen functional groups attached to an aromatic ring is 1. The Labute approximate surface area is 122 Å². The Hall–Kier alpha value is -1.98. The summed E-state index contributed by atoms with van der Waals surface area (Å²) in [6.45, 7) is 0. The summed E-state index contributed by atoms with van der Waals surface area (Å²) < 4.78 is 15.3. The first-order chi connectivity index (χ1) is 9.69. The normalized spacial score (nSPS) is 11.4. The third kappa shape index (κ3) is 1.87.